The number of carbonyl (C=O) groups excluding carboxylic acids is 1. The molecule has 0 aliphatic heterocycles. The molecule has 17 heavy (non-hydrogen) atoms. The Bertz CT molecular complexity index is 342. The number of aryl methyl sites for hydroxylation is 1. The molecule has 0 aromatic heterocycles. The third kappa shape index (κ3) is 5.03. The van der Waals surface area contributed by atoms with Crippen molar-refractivity contribution in [1.82, 2.24) is 0 Å². The molecule has 0 spiro atoms. The Labute approximate surface area is 104 Å². The second kappa shape index (κ2) is 7.10. The summed E-state index contributed by atoms with van der Waals surface area (Å²) in [6, 6.07) is 8.07. The second-order valence-corrected chi connectivity index (χ2v) is 4.70. The van der Waals surface area contributed by atoms with Crippen molar-refractivity contribution in [3.05, 3.63) is 29.8 Å². The van der Waals surface area contributed by atoms with Gasteiger partial charge in [0, 0.05) is 12.1 Å². The highest BCUT2D eigenvalue weighted by Gasteiger charge is 2.08. The fourth-order valence-electron chi connectivity index (χ4n) is 1.95. The normalized spacial score (nSPS) is 12.2. The lowest BCUT2D eigenvalue weighted by Gasteiger charge is -2.10. The molecule has 1 N–H and O–H groups in total. The molecule has 1 aromatic carbocycles. The summed E-state index contributed by atoms with van der Waals surface area (Å²) in [5.74, 6) is 0.588. The summed E-state index contributed by atoms with van der Waals surface area (Å²) in [6.07, 6.45) is 3.90. The average Bonchev–Trinajstić information content (AvgIpc) is 2.30. The van der Waals surface area contributed by atoms with E-state index in [1.807, 2.05) is 12.1 Å². The highest BCUT2D eigenvalue weighted by molar-refractivity contribution is 5.90. The predicted molar refractivity (Wildman–Crippen MR) is 73.1 cm³/mol. The number of nitrogens with one attached hydrogen (secondary N) is 1. The van der Waals surface area contributed by atoms with Crippen molar-refractivity contribution in [3.8, 4) is 0 Å². The minimum Gasteiger partial charge on any atom is -0.326 e. The summed E-state index contributed by atoms with van der Waals surface area (Å²) < 4.78 is 0. The predicted octanol–water partition coefficient (Wildman–Crippen LogP) is 4.01. The van der Waals surface area contributed by atoms with Crippen molar-refractivity contribution in [2.45, 2.75) is 46.5 Å². The number of hydrogen-bond donors (Lipinski definition) is 1. The SMILES string of the molecule is CCCC(C)CC(=O)Nc1ccc(CC)cc1. The quantitative estimate of drug-likeness (QED) is 0.790. The van der Waals surface area contributed by atoms with Crippen molar-refractivity contribution in [2.24, 2.45) is 5.92 Å². The molecule has 94 valence electrons. The third-order valence-electron chi connectivity index (χ3n) is 2.96. The van der Waals surface area contributed by atoms with Gasteiger partial charge in [0.1, 0.15) is 0 Å². The summed E-state index contributed by atoms with van der Waals surface area (Å²) in [4.78, 5) is 11.7. The first-order valence-electron chi connectivity index (χ1n) is 6.54. The summed E-state index contributed by atoms with van der Waals surface area (Å²) >= 11 is 0. The standard InChI is InChI=1S/C15H23NO/c1-4-6-12(3)11-15(17)16-14-9-7-13(5-2)8-10-14/h7-10,12H,4-6,11H2,1-3H3,(H,16,17). The van der Waals surface area contributed by atoms with Gasteiger partial charge in [0.05, 0.1) is 0 Å². The van der Waals surface area contributed by atoms with E-state index in [1.165, 1.54) is 5.56 Å². The van der Waals surface area contributed by atoms with E-state index in [9.17, 15) is 4.79 Å². The Hall–Kier alpha value is -1.31. The van der Waals surface area contributed by atoms with Crippen LogP contribution in [0.5, 0.6) is 0 Å². The van der Waals surface area contributed by atoms with Gasteiger partial charge in [-0.1, -0.05) is 45.7 Å². The molecule has 0 aliphatic rings. The zero-order valence-electron chi connectivity index (χ0n) is 11.1. The summed E-state index contributed by atoms with van der Waals surface area (Å²) in [6.45, 7) is 6.40. The van der Waals surface area contributed by atoms with Crippen molar-refractivity contribution in [3.63, 3.8) is 0 Å². The van der Waals surface area contributed by atoms with E-state index in [0.29, 0.717) is 12.3 Å². The van der Waals surface area contributed by atoms with Crippen molar-refractivity contribution < 1.29 is 4.79 Å². The van der Waals surface area contributed by atoms with Gasteiger partial charge in [-0.25, -0.2) is 0 Å². The van der Waals surface area contributed by atoms with Crippen LogP contribution in [0.1, 0.15) is 45.6 Å². The van der Waals surface area contributed by atoms with E-state index in [-0.39, 0.29) is 5.91 Å². The molecule has 1 atom stereocenters. The van der Waals surface area contributed by atoms with E-state index in [2.05, 4.69) is 38.2 Å². The molecular weight excluding hydrogens is 210 g/mol. The lowest BCUT2D eigenvalue weighted by Crippen LogP contribution is -2.15. The molecule has 1 amide bonds. The van der Waals surface area contributed by atoms with Gasteiger partial charge >= 0.3 is 0 Å². The number of hydrogen-bond acceptors (Lipinski definition) is 1. The molecule has 1 rings (SSSR count). The third-order valence-corrected chi connectivity index (χ3v) is 2.96. The number of carbonyl (C=O) groups is 1. The molecule has 0 radical (unpaired) electrons. The fourth-order valence-corrected chi connectivity index (χ4v) is 1.95. The van der Waals surface area contributed by atoms with Crippen LogP contribution in [0.2, 0.25) is 0 Å². The van der Waals surface area contributed by atoms with Gasteiger partial charge in [0.25, 0.3) is 0 Å². The smallest absolute Gasteiger partial charge is 0.224 e. The number of anilines is 1. The Morgan fingerprint density at radius 2 is 1.88 bits per heavy atom. The van der Waals surface area contributed by atoms with Gasteiger partial charge in [-0.15, -0.1) is 0 Å². The zero-order chi connectivity index (χ0) is 12.7. The van der Waals surface area contributed by atoms with Crippen LogP contribution in [0.3, 0.4) is 0 Å². The van der Waals surface area contributed by atoms with E-state index >= 15 is 0 Å². The number of benzene rings is 1. The first-order valence-corrected chi connectivity index (χ1v) is 6.54. The van der Waals surface area contributed by atoms with Crippen LogP contribution in [0.15, 0.2) is 24.3 Å². The number of rotatable bonds is 6. The van der Waals surface area contributed by atoms with Crippen LogP contribution >= 0.6 is 0 Å². The summed E-state index contributed by atoms with van der Waals surface area (Å²) in [5, 5.41) is 2.94. The highest BCUT2D eigenvalue weighted by atomic mass is 16.1. The molecule has 0 bridgehead atoms. The highest BCUT2D eigenvalue weighted by Crippen LogP contribution is 2.13. The van der Waals surface area contributed by atoms with Crippen molar-refractivity contribution in [2.75, 3.05) is 5.32 Å². The van der Waals surface area contributed by atoms with Gasteiger partial charge in [-0.05, 0) is 30.0 Å². The van der Waals surface area contributed by atoms with Gasteiger partial charge in [-0.2, -0.15) is 0 Å². The van der Waals surface area contributed by atoms with Crippen LogP contribution in [0.4, 0.5) is 5.69 Å². The van der Waals surface area contributed by atoms with Crippen LogP contribution in [-0.2, 0) is 11.2 Å². The van der Waals surface area contributed by atoms with Crippen LogP contribution in [0, 0.1) is 5.92 Å². The average molecular weight is 233 g/mol. The first kappa shape index (κ1) is 13.8. The van der Waals surface area contributed by atoms with Gasteiger partial charge in [-0.3, -0.25) is 4.79 Å². The monoisotopic (exact) mass is 233 g/mol. The minimum atomic E-state index is 0.121. The lowest BCUT2D eigenvalue weighted by molar-refractivity contribution is -0.117. The molecule has 2 nitrogen and oxygen atoms in total. The summed E-state index contributed by atoms with van der Waals surface area (Å²) in [7, 11) is 0. The van der Waals surface area contributed by atoms with Crippen LogP contribution in [-0.4, -0.2) is 5.91 Å². The summed E-state index contributed by atoms with van der Waals surface area (Å²) in [5.41, 5.74) is 2.19. The Balaban J connectivity index is 2.44. The minimum absolute atomic E-state index is 0.121. The Morgan fingerprint density at radius 1 is 1.24 bits per heavy atom. The van der Waals surface area contributed by atoms with E-state index in [1.54, 1.807) is 0 Å². The van der Waals surface area contributed by atoms with Crippen molar-refractivity contribution >= 4 is 11.6 Å². The maximum atomic E-state index is 11.7. The lowest BCUT2D eigenvalue weighted by atomic mass is 10.0. The van der Waals surface area contributed by atoms with Crippen LogP contribution in [0.25, 0.3) is 0 Å². The molecule has 0 heterocycles. The van der Waals surface area contributed by atoms with Crippen LogP contribution < -0.4 is 5.32 Å². The van der Waals surface area contributed by atoms with Gasteiger partial charge in [0.2, 0.25) is 5.91 Å². The van der Waals surface area contributed by atoms with E-state index in [4.69, 9.17) is 0 Å². The first-order chi connectivity index (χ1) is 8.15. The van der Waals surface area contributed by atoms with E-state index < -0.39 is 0 Å². The topological polar surface area (TPSA) is 29.1 Å². The molecule has 0 saturated heterocycles. The van der Waals surface area contributed by atoms with E-state index in [0.717, 1.165) is 24.9 Å². The maximum Gasteiger partial charge on any atom is 0.224 e. The fraction of sp³-hybridized carbons (Fsp3) is 0.533. The van der Waals surface area contributed by atoms with Crippen molar-refractivity contribution in [1.29, 1.82) is 0 Å². The number of amides is 1. The largest absolute Gasteiger partial charge is 0.326 e. The zero-order valence-corrected chi connectivity index (χ0v) is 11.1. The molecule has 0 aliphatic carbocycles. The molecule has 0 fully saturated rings. The van der Waals surface area contributed by atoms with Gasteiger partial charge < -0.3 is 5.32 Å². The Kier molecular flexibility index (Phi) is 5.75. The second-order valence-electron chi connectivity index (χ2n) is 4.70. The molecule has 1 unspecified atom stereocenters. The molecule has 2 heteroatoms. The Morgan fingerprint density at radius 3 is 2.41 bits per heavy atom. The molecule has 0 saturated carbocycles. The van der Waals surface area contributed by atoms with Gasteiger partial charge in [0.15, 0.2) is 0 Å². The molecular formula is C15H23NO. The maximum absolute atomic E-state index is 11.7. The molecule has 1 aromatic rings.